The molecule has 1 aromatic heterocycles. The number of hydrogen-bond acceptors (Lipinski definition) is 5. The minimum Gasteiger partial charge on any atom is -0.326 e. The zero-order valence-corrected chi connectivity index (χ0v) is 18.6. The third kappa shape index (κ3) is 5.53. The van der Waals surface area contributed by atoms with Crippen LogP contribution in [0.2, 0.25) is 5.02 Å². The maximum atomic E-state index is 12.9. The number of benzene rings is 2. The molecule has 1 unspecified atom stereocenters. The topological polar surface area (TPSA) is 93.1 Å². The van der Waals surface area contributed by atoms with Gasteiger partial charge >= 0.3 is 0 Å². The van der Waals surface area contributed by atoms with Crippen molar-refractivity contribution in [3.05, 3.63) is 70.5 Å². The van der Waals surface area contributed by atoms with Gasteiger partial charge in [-0.25, -0.2) is 4.98 Å². The zero-order valence-electron chi connectivity index (χ0n) is 17.0. The number of anilines is 2. The number of aromatic nitrogens is 2. The normalized spacial score (nSPS) is 11.7. The van der Waals surface area contributed by atoms with Gasteiger partial charge in [0.1, 0.15) is 0 Å². The maximum Gasteiger partial charge on any atom is 0.262 e. The molecule has 2 N–H and O–H groups in total. The van der Waals surface area contributed by atoms with Crippen molar-refractivity contribution in [2.45, 2.75) is 30.8 Å². The van der Waals surface area contributed by atoms with E-state index in [-0.39, 0.29) is 23.9 Å². The van der Waals surface area contributed by atoms with E-state index in [1.54, 1.807) is 55.5 Å². The van der Waals surface area contributed by atoms with Crippen LogP contribution >= 0.6 is 23.4 Å². The summed E-state index contributed by atoms with van der Waals surface area (Å²) in [6.45, 7) is 7.13. The van der Waals surface area contributed by atoms with Crippen LogP contribution in [0.25, 0.3) is 10.9 Å². The summed E-state index contributed by atoms with van der Waals surface area (Å²) in [5.74, 6) is -0.412. The summed E-state index contributed by atoms with van der Waals surface area (Å²) in [6, 6.07) is 11.7. The lowest BCUT2D eigenvalue weighted by Crippen LogP contribution is -2.26. The Balaban J connectivity index is 1.80. The van der Waals surface area contributed by atoms with Gasteiger partial charge in [0.25, 0.3) is 5.56 Å². The summed E-state index contributed by atoms with van der Waals surface area (Å²) in [6.07, 6.45) is 1.60. The minimum absolute atomic E-state index is 0.169. The van der Waals surface area contributed by atoms with Crippen LogP contribution in [0.3, 0.4) is 0 Å². The van der Waals surface area contributed by atoms with E-state index in [0.29, 0.717) is 32.5 Å². The summed E-state index contributed by atoms with van der Waals surface area (Å²) in [7, 11) is 0. The van der Waals surface area contributed by atoms with Gasteiger partial charge in [-0.3, -0.25) is 19.0 Å². The molecule has 9 heteroatoms. The van der Waals surface area contributed by atoms with Crippen LogP contribution < -0.4 is 16.2 Å². The van der Waals surface area contributed by atoms with E-state index in [1.807, 2.05) is 0 Å². The van der Waals surface area contributed by atoms with Crippen LogP contribution in [0.15, 0.2) is 65.1 Å². The van der Waals surface area contributed by atoms with Gasteiger partial charge in [0.15, 0.2) is 5.16 Å². The maximum absolute atomic E-state index is 12.9. The van der Waals surface area contributed by atoms with Gasteiger partial charge in [-0.2, -0.15) is 0 Å². The second-order valence-electron chi connectivity index (χ2n) is 6.77. The molecule has 1 heterocycles. The van der Waals surface area contributed by atoms with E-state index in [9.17, 15) is 14.4 Å². The second-order valence-corrected chi connectivity index (χ2v) is 8.51. The van der Waals surface area contributed by atoms with Gasteiger partial charge in [0.2, 0.25) is 11.8 Å². The fourth-order valence-electron chi connectivity index (χ4n) is 2.85. The van der Waals surface area contributed by atoms with Crippen LogP contribution in [-0.2, 0) is 16.1 Å². The highest BCUT2D eigenvalue weighted by Gasteiger charge is 2.19. The Hall–Kier alpha value is -3.10. The van der Waals surface area contributed by atoms with Crippen molar-refractivity contribution in [3.63, 3.8) is 0 Å². The Morgan fingerprint density at radius 2 is 1.84 bits per heavy atom. The van der Waals surface area contributed by atoms with Gasteiger partial charge < -0.3 is 10.6 Å². The first kappa shape index (κ1) is 22.6. The van der Waals surface area contributed by atoms with E-state index >= 15 is 0 Å². The van der Waals surface area contributed by atoms with Crippen molar-refractivity contribution in [3.8, 4) is 0 Å². The van der Waals surface area contributed by atoms with Crippen molar-refractivity contribution >= 4 is 57.5 Å². The summed E-state index contributed by atoms with van der Waals surface area (Å²) < 4.78 is 1.47. The predicted octanol–water partition coefficient (Wildman–Crippen LogP) is 4.31. The third-order valence-corrected chi connectivity index (χ3v) is 5.64. The van der Waals surface area contributed by atoms with Crippen LogP contribution in [0, 0.1) is 0 Å². The summed E-state index contributed by atoms with van der Waals surface area (Å²) in [5.41, 5.74) is 1.51. The molecule has 0 aliphatic heterocycles. The quantitative estimate of drug-likeness (QED) is 0.314. The number of carbonyl (C=O) groups is 2. The fraction of sp³-hybridized carbons (Fsp3) is 0.182. The number of carbonyl (C=O) groups excluding carboxylic acids is 2. The highest BCUT2D eigenvalue weighted by Crippen LogP contribution is 2.25. The zero-order chi connectivity index (χ0) is 22.5. The van der Waals surface area contributed by atoms with E-state index in [1.165, 1.54) is 23.3 Å². The average Bonchev–Trinajstić information content (AvgIpc) is 2.72. The Bertz CT molecular complexity index is 1210. The lowest BCUT2D eigenvalue weighted by atomic mass is 10.2. The number of allylic oxidation sites excluding steroid dienone is 1. The largest absolute Gasteiger partial charge is 0.326 e. The standard InChI is InChI=1S/C22H21ClN4O3S/c1-4-11-27-21(30)18-12-15(23)5-10-19(18)26-22(27)31-13(2)20(29)25-17-8-6-16(7-9-17)24-14(3)28/h4-10,12-13H,1,11H2,2-3H3,(H,24,28)(H,25,29). The lowest BCUT2D eigenvalue weighted by molar-refractivity contribution is -0.115. The van der Waals surface area contributed by atoms with Crippen molar-refractivity contribution in [2.24, 2.45) is 0 Å². The molecule has 2 amide bonds. The van der Waals surface area contributed by atoms with E-state index in [4.69, 9.17) is 11.6 Å². The predicted molar refractivity (Wildman–Crippen MR) is 126 cm³/mol. The van der Waals surface area contributed by atoms with Gasteiger partial charge in [-0.15, -0.1) is 6.58 Å². The molecule has 160 valence electrons. The number of nitrogens with zero attached hydrogens (tertiary/aromatic N) is 2. The number of halogens is 1. The molecular formula is C22H21ClN4O3S. The van der Waals surface area contributed by atoms with E-state index < -0.39 is 5.25 Å². The van der Waals surface area contributed by atoms with Crippen LogP contribution in [0.5, 0.6) is 0 Å². The molecule has 7 nitrogen and oxygen atoms in total. The first-order valence-electron chi connectivity index (χ1n) is 9.44. The molecule has 3 rings (SSSR count). The molecule has 0 fully saturated rings. The first-order valence-corrected chi connectivity index (χ1v) is 10.7. The Labute approximate surface area is 188 Å². The Morgan fingerprint density at radius 1 is 1.19 bits per heavy atom. The number of rotatable bonds is 7. The molecule has 0 bridgehead atoms. The number of hydrogen-bond donors (Lipinski definition) is 2. The molecule has 1 atom stereocenters. The minimum atomic E-state index is -0.525. The van der Waals surface area contributed by atoms with Crippen molar-refractivity contribution in [2.75, 3.05) is 10.6 Å². The van der Waals surface area contributed by atoms with Gasteiger partial charge in [-0.1, -0.05) is 29.4 Å². The highest BCUT2D eigenvalue weighted by molar-refractivity contribution is 8.00. The molecule has 0 aliphatic carbocycles. The molecular weight excluding hydrogens is 436 g/mol. The van der Waals surface area contributed by atoms with Gasteiger partial charge in [0, 0.05) is 29.9 Å². The average molecular weight is 457 g/mol. The van der Waals surface area contributed by atoms with Crippen molar-refractivity contribution < 1.29 is 9.59 Å². The Kier molecular flexibility index (Phi) is 7.14. The fourth-order valence-corrected chi connectivity index (χ4v) is 3.94. The first-order chi connectivity index (χ1) is 14.8. The molecule has 0 saturated heterocycles. The summed E-state index contributed by atoms with van der Waals surface area (Å²) >= 11 is 7.21. The molecule has 0 spiro atoms. The number of amides is 2. The smallest absolute Gasteiger partial charge is 0.262 e. The van der Waals surface area contributed by atoms with Crippen LogP contribution in [-0.4, -0.2) is 26.6 Å². The highest BCUT2D eigenvalue weighted by atomic mass is 35.5. The molecule has 2 aromatic carbocycles. The molecule has 0 saturated carbocycles. The van der Waals surface area contributed by atoms with Crippen molar-refractivity contribution in [1.82, 2.24) is 9.55 Å². The monoisotopic (exact) mass is 456 g/mol. The molecule has 0 radical (unpaired) electrons. The summed E-state index contributed by atoms with van der Waals surface area (Å²) in [4.78, 5) is 41.3. The van der Waals surface area contributed by atoms with Crippen LogP contribution in [0.1, 0.15) is 13.8 Å². The van der Waals surface area contributed by atoms with Gasteiger partial charge in [0.05, 0.1) is 16.2 Å². The lowest BCUT2D eigenvalue weighted by Gasteiger charge is -2.16. The van der Waals surface area contributed by atoms with E-state index in [0.717, 1.165) is 0 Å². The number of nitrogens with one attached hydrogen (secondary N) is 2. The van der Waals surface area contributed by atoms with Crippen molar-refractivity contribution in [1.29, 1.82) is 0 Å². The molecule has 3 aromatic rings. The SMILES string of the molecule is C=CCn1c(SC(C)C(=O)Nc2ccc(NC(C)=O)cc2)nc2ccc(Cl)cc2c1=O. The molecule has 0 aliphatic rings. The van der Waals surface area contributed by atoms with Gasteiger partial charge in [-0.05, 0) is 49.4 Å². The van der Waals surface area contributed by atoms with E-state index in [2.05, 4.69) is 22.2 Å². The Morgan fingerprint density at radius 3 is 2.45 bits per heavy atom. The second kappa shape index (κ2) is 9.80. The summed E-state index contributed by atoms with van der Waals surface area (Å²) in [5, 5.41) is 6.26. The number of thioether (sulfide) groups is 1. The van der Waals surface area contributed by atoms with Crippen LogP contribution in [0.4, 0.5) is 11.4 Å². The third-order valence-electron chi connectivity index (χ3n) is 4.32. The molecule has 31 heavy (non-hydrogen) atoms. The number of fused-ring (bicyclic) bond motifs is 1.